The molecule has 2 atom stereocenters. The molecule has 0 saturated carbocycles. The first-order chi connectivity index (χ1) is 8.73. The molecule has 2 N–H and O–H groups in total. The predicted molar refractivity (Wildman–Crippen MR) is 75.8 cm³/mol. The van der Waals surface area contributed by atoms with E-state index in [1.54, 1.807) is 0 Å². The topological polar surface area (TPSA) is 49.3 Å². The van der Waals surface area contributed by atoms with E-state index >= 15 is 0 Å². The number of Topliss-reactive ketones (excluding diaryl/α,β-unsaturated/α-hetero) is 1. The van der Waals surface area contributed by atoms with Gasteiger partial charge in [0.25, 0.3) is 0 Å². The first-order valence-corrected chi connectivity index (χ1v) is 6.78. The Balaban J connectivity index is 2.31. The molecule has 1 aromatic rings. The summed E-state index contributed by atoms with van der Waals surface area (Å²) >= 11 is 0. The van der Waals surface area contributed by atoms with Crippen LogP contribution in [0.3, 0.4) is 0 Å². The van der Waals surface area contributed by atoms with Gasteiger partial charge in [0.1, 0.15) is 5.78 Å². The van der Waals surface area contributed by atoms with E-state index in [0.29, 0.717) is 6.42 Å². The van der Waals surface area contributed by atoms with Gasteiger partial charge in [0, 0.05) is 17.5 Å². The normalized spacial score (nSPS) is 27.0. The van der Waals surface area contributed by atoms with Crippen LogP contribution in [0.1, 0.15) is 45.8 Å². The molecule has 2 rings (SSSR count). The molecule has 19 heavy (non-hydrogen) atoms. The Morgan fingerprint density at radius 1 is 1.21 bits per heavy atom. The third kappa shape index (κ3) is 2.88. The number of carbonyl (C=O) groups is 1. The molecule has 1 fully saturated rings. The molecule has 0 radical (unpaired) electrons. The fourth-order valence-electron chi connectivity index (χ4n) is 3.36. The van der Waals surface area contributed by atoms with Gasteiger partial charge in [0.05, 0.1) is 12.0 Å². The van der Waals surface area contributed by atoms with Gasteiger partial charge in [-0.1, -0.05) is 30.3 Å². The maximum atomic E-state index is 12.4. The second-order valence-electron chi connectivity index (χ2n) is 6.71. The summed E-state index contributed by atoms with van der Waals surface area (Å²) in [4.78, 5) is 12.4. The number of hydrogen-bond acceptors (Lipinski definition) is 3. The van der Waals surface area contributed by atoms with Gasteiger partial charge in [-0.3, -0.25) is 4.79 Å². The molecule has 1 aliphatic rings. The summed E-state index contributed by atoms with van der Waals surface area (Å²) in [5.41, 5.74) is 0.164. The van der Waals surface area contributed by atoms with Gasteiger partial charge in [0.15, 0.2) is 0 Å². The van der Waals surface area contributed by atoms with Crippen LogP contribution in [0.5, 0.6) is 0 Å². The molecule has 3 nitrogen and oxygen atoms in total. The number of piperidine rings is 1. The Morgan fingerprint density at radius 2 is 1.79 bits per heavy atom. The lowest BCUT2D eigenvalue weighted by Crippen LogP contribution is -2.64. The van der Waals surface area contributed by atoms with Crippen molar-refractivity contribution in [3.05, 3.63) is 35.9 Å². The molecule has 1 aromatic carbocycles. The Hall–Kier alpha value is -1.19. The molecule has 0 amide bonds. The van der Waals surface area contributed by atoms with Crippen molar-refractivity contribution in [2.24, 2.45) is 5.92 Å². The van der Waals surface area contributed by atoms with Crippen LogP contribution in [0.15, 0.2) is 30.3 Å². The van der Waals surface area contributed by atoms with Gasteiger partial charge in [0.2, 0.25) is 0 Å². The zero-order chi connectivity index (χ0) is 14.3. The molecular formula is C16H23NO2. The van der Waals surface area contributed by atoms with E-state index in [4.69, 9.17) is 0 Å². The number of rotatable bonds is 2. The SMILES string of the molecule is CC1(C)CC(=O)[C@@H]([C@@H](O)c2ccccc2)C(C)(C)N1. The van der Waals surface area contributed by atoms with Crippen molar-refractivity contribution in [2.75, 3.05) is 0 Å². The molecular weight excluding hydrogens is 238 g/mol. The number of carbonyl (C=O) groups excluding carboxylic acids is 1. The number of ketones is 1. The van der Waals surface area contributed by atoms with Gasteiger partial charge in [-0.25, -0.2) is 0 Å². The Bertz CT molecular complexity index is 465. The molecule has 104 valence electrons. The second-order valence-corrected chi connectivity index (χ2v) is 6.71. The van der Waals surface area contributed by atoms with Crippen molar-refractivity contribution >= 4 is 5.78 Å². The van der Waals surface area contributed by atoms with Gasteiger partial charge in [-0.15, -0.1) is 0 Å². The standard InChI is InChI=1S/C16H23NO2/c1-15(2)10-12(18)13(16(3,4)17-15)14(19)11-8-6-5-7-9-11/h5-9,13-14,17,19H,10H2,1-4H3/t13-,14-/m0/s1. The number of hydrogen-bond donors (Lipinski definition) is 2. The summed E-state index contributed by atoms with van der Waals surface area (Å²) in [6.45, 7) is 8.03. The molecule has 0 spiro atoms. The zero-order valence-electron chi connectivity index (χ0n) is 12.1. The third-order valence-electron chi connectivity index (χ3n) is 3.86. The monoisotopic (exact) mass is 261 g/mol. The van der Waals surface area contributed by atoms with E-state index in [9.17, 15) is 9.90 Å². The molecule has 0 aromatic heterocycles. The van der Waals surface area contributed by atoms with E-state index in [1.165, 1.54) is 0 Å². The van der Waals surface area contributed by atoms with Gasteiger partial charge < -0.3 is 10.4 Å². The van der Waals surface area contributed by atoms with E-state index in [0.717, 1.165) is 5.56 Å². The molecule has 1 heterocycles. The second kappa shape index (κ2) is 4.73. The molecule has 0 unspecified atom stereocenters. The quantitative estimate of drug-likeness (QED) is 0.859. The smallest absolute Gasteiger partial charge is 0.142 e. The highest BCUT2D eigenvalue weighted by Crippen LogP contribution is 2.38. The summed E-state index contributed by atoms with van der Waals surface area (Å²) in [6.07, 6.45) is -0.308. The van der Waals surface area contributed by atoms with Crippen LogP contribution in [0, 0.1) is 5.92 Å². The van der Waals surface area contributed by atoms with Crippen molar-refractivity contribution in [1.29, 1.82) is 0 Å². The van der Waals surface area contributed by atoms with Crippen molar-refractivity contribution in [1.82, 2.24) is 5.32 Å². The molecule has 1 aliphatic heterocycles. The van der Waals surface area contributed by atoms with E-state index in [2.05, 4.69) is 5.32 Å². The zero-order valence-corrected chi connectivity index (χ0v) is 12.1. The van der Waals surface area contributed by atoms with Crippen molar-refractivity contribution in [3.63, 3.8) is 0 Å². The Morgan fingerprint density at radius 3 is 2.32 bits per heavy atom. The molecule has 0 aliphatic carbocycles. The first kappa shape index (κ1) is 14.2. The van der Waals surface area contributed by atoms with Gasteiger partial charge >= 0.3 is 0 Å². The van der Waals surface area contributed by atoms with Crippen LogP contribution in [0.4, 0.5) is 0 Å². The minimum absolute atomic E-state index is 0.130. The minimum atomic E-state index is -0.757. The van der Waals surface area contributed by atoms with E-state index in [-0.39, 0.29) is 11.3 Å². The van der Waals surface area contributed by atoms with Crippen molar-refractivity contribution in [2.45, 2.75) is 51.3 Å². The number of aliphatic hydroxyl groups excluding tert-OH is 1. The summed E-state index contributed by atoms with van der Waals surface area (Å²) < 4.78 is 0. The highest BCUT2D eigenvalue weighted by atomic mass is 16.3. The maximum Gasteiger partial charge on any atom is 0.142 e. The Kier molecular flexibility index (Phi) is 3.54. The minimum Gasteiger partial charge on any atom is -0.388 e. The van der Waals surface area contributed by atoms with Crippen LogP contribution < -0.4 is 5.32 Å². The Labute approximate surface area is 115 Å². The highest BCUT2D eigenvalue weighted by molar-refractivity contribution is 5.85. The largest absolute Gasteiger partial charge is 0.388 e. The van der Waals surface area contributed by atoms with Crippen LogP contribution in [-0.4, -0.2) is 22.0 Å². The van der Waals surface area contributed by atoms with Gasteiger partial charge in [-0.05, 0) is 33.3 Å². The highest BCUT2D eigenvalue weighted by Gasteiger charge is 2.48. The van der Waals surface area contributed by atoms with Crippen LogP contribution in [-0.2, 0) is 4.79 Å². The summed E-state index contributed by atoms with van der Waals surface area (Å²) in [5.74, 6) is -0.284. The number of benzene rings is 1. The average molecular weight is 261 g/mol. The van der Waals surface area contributed by atoms with Gasteiger partial charge in [-0.2, -0.15) is 0 Å². The van der Waals surface area contributed by atoms with E-state index in [1.807, 2.05) is 58.0 Å². The predicted octanol–water partition coefficient (Wildman–Crippen LogP) is 2.46. The lowest BCUT2D eigenvalue weighted by atomic mass is 9.70. The maximum absolute atomic E-state index is 12.4. The third-order valence-corrected chi connectivity index (χ3v) is 3.86. The van der Waals surface area contributed by atoms with Crippen LogP contribution in [0.2, 0.25) is 0 Å². The van der Waals surface area contributed by atoms with Crippen molar-refractivity contribution in [3.8, 4) is 0 Å². The molecule has 3 heteroatoms. The van der Waals surface area contributed by atoms with Crippen LogP contribution in [0.25, 0.3) is 0 Å². The lowest BCUT2D eigenvalue weighted by molar-refractivity contribution is -0.136. The first-order valence-electron chi connectivity index (χ1n) is 6.78. The van der Waals surface area contributed by atoms with Crippen LogP contribution >= 0.6 is 0 Å². The fraction of sp³-hybridized carbons (Fsp3) is 0.562. The average Bonchev–Trinajstić information content (AvgIpc) is 2.25. The number of nitrogens with one attached hydrogen (secondary N) is 1. The molecule has 1 saturated heterocycles. The van der Waals surface area contributed by atoms with E-state index < -0.39 is 17.6 Å². The number of aliphatic hydroxyl groups is 1. The fourth-order valence-corrected chi connectivity index (χ4v) is 3.36. The molecule has 0 bridgehead atoms. The summed E-state index contributed by atoms with van der Waals surface area (Å²) in [6, 6.07) is 9.42. The summed E-state index contributed by atoms with van der Waals surface area (Å²) in [7, 11) is 0. The van der Waals surface area contributed by atoms with Crippen molar-refractivity contribution < 1.29 is 9.90 Å². The lowest BCUT2D eigenvalue weighted by Gasteiger charge is -2.48. The summed E-state index contributed by atoms with van der Waals surface area (Å²) in [5, 5.41) is 14.0.